The number of nitrogens with zero attached hydrogens (tertiary/aromatic N) is 2. The third-order valence-electron chi connectivity index (χ3n) is 5.41. The first-order chi connectivity index (χ1) is 14.0. The summed E-state index contributed by atoms with van der Waals surface area (Å²) in [4.78, 5) is 17.5. The lowest BCUT2D eigenvalue weighted by Gasteiger charge is -2.36. The van der Waals surface area contributed by atoms with Crippen molar-refractivity contribution in [3.8, 4) is 17.2 Å². The van der Waals surface area contributed by atoms with Crippen molar-refractivity contribution in [3.63, 3.8) is 0 Å². The Morgan fingerprint density at radius 1 is 0.900 bits per heavy atom. The fourth-order valence-electron chi connectivity index (χ4n) is 3.63. The molecule has 0 N–H and O–H groups in total. The average Bonchev–Trinajstić information content (AvgIpc) is 2.77. The maximum atomic E-state index is 12.8. The Kier molecular flexibility index (Phi) is 8.81. The number of carbonyl (C=O) groups is 1. The number of Topliss-reactive ketones (excluding diaryl/α,β-unsaturated/α-hetero) is 1. The number of benzene rings is 2. The third-order valence-corrected chi connectivity index (χ3v) is 5.41. The van der Waals surface area contributed by atoms with E-state index in [9.17, 15) is 4.79 Å². The van der Waals surface area contributed by atoms with Crippen LogP contribution in [-0.2, 0) is 0 Å². The summed E-state index contributed by atoms with van der Waals surface area (Å²) in [5, 5.41) is 0. The highest BCUT2D eigenvalue weighted by Crippen LogP contribution is 2.38. The van der Waals surface area contributed by atoms with Gasteiger partial charge in [0.1, 0.15) is 0 Å². The Morgan fingerprint density at radius 3 is 1.97 bits per heavy atom. The fourth-order valence-corrected chi connectivity index (χ4v) is 3.63. The number of rotatable bonds is 8. The maximum absolute atomic E-state index is 12.8. The average molecular weight is 435 g/mol. The van der Waals surface area contributed by atoms with Gasteiger partial charge in [-0.3, -0.25) is 9.69 Å². The number of ketones is 1. The first-order valence-corrected chi connectivity index (χ1v) is 9.93. The summed E-state index contributed by atoms with van der Waals surface area (Å²) in [7, 11) is 4.66. The minimum Gasteiger partial charge on any atom is -0.493 e. The van der Waals surface area contributed by atoms with Crippen molar-refractivity contribution in [3.05, 3.63) is 47.5 Å². The van der Waals surface area contributed by atoms with Crippen LogP contribution in [-0.4, -0.2) is 64.7 Å². The lowest BCUT2D eigenvalue weighted by molar-refractivity contribution is 0.0961. The van der Waals surface area contributed by atoms with Crippen molar-refractivity contribution < 1.29 is 19.0 Å². The Hall–Kier alpha value is -2.44. The van der Waals surface area contributed by atoms with Gasteiger partial charge in [-0.25, -0.2) is 0 Å². The molecular weight excluding hydrogens is 404 g/mol. The van der Waals surface area contributed by atoms with Crippen LogP contribution in [0.2, 0.25) is 0 Å². The van der Waals surface area contributed by atoms with Gasteiger partial charge in [0.15, 0.2) is 17.3 Å². The molecule has 2 aromatic carbocycles. The molecule has 1 heterocycles. The molecule has 0 bridgehead atoms. The quantitative estimate of drug-likeness (QED) is 0.588. The molecule has 7 heteroatoms. The van der Waals surface area contributed by atoms with Gasteiger partial charge in [0.25, 0.3) is 0 Å². The van der Waals surface area contributed by atoms with Crippen molar-refractivity contribution in [2.24, 2.45) is 0 Å². The molecule has 0 unspecified atom stereocenters. The SMILES string of the molecule is COc1cc(C(=O)CCN2CCN(c3ccc(C)cc3)CC2)cc(OC)c1OC.Cl. The zero-order valence-corrected chi connectivity index (χ0v) is 19.0. The molecule has 2 aromatic rings. The molecule has 1 saturated heterocycles. The number of hydrogen-bond acceptors (Lipinski definition) is 6. The van der Waals surface area contributed by atoms with E-state index in [1.807, 2.05) is 0 Å². The number of halogens is 1. The van der Waals surface area contributed by atoms with Gasteiger partial charge in [-0.1, -0.05) is 17.7 Å². The van der Waals surface area contributed by atoms with E-state index in [4.69, 9.17) is 14.2 Å². The smallest absolute Gasteiger partial charge is 0.203 e. The Bertz CT molecular complexity index is 809. The molecule has 0 radical (unpaired) electrons. The van der Waals surface area contributed by atoms with E-state index in [-0.39, 0.29) is 18.2 Å². The number of piperazine rings is 1. The van der Waals surface area contributed by atoms with Crippen molar-refractivity contribution in [2.75, 3.05) is 59.0 Å². The van der Waals surface area contributed by atoms with E-state index < -0.39 is 0 Å². The Labute approximate surface area is 185 Å². The summed E-state index contributed by atoms with van der Waals surface area (Å²) in [6.07, 6.45) is 0.461. The summed E-state index contributed by atoms with van der Waals surface area (Å²) in [5.41, 5.74) is 3.12. The molecule has 0 amide bonds. The van der Waals surface area contributed by atoms with Gasteiger partial charge in [-0.15, -0.1) is 12.4 Å². The van der Waals surface area contributed by atoms with Crippen molar-refractivity contribution in [1.29, 1.82) is 0 Å². The fraction of sp³-hybridized carbons (Fsp3) is 0.435. The van der Waals surface area contributed by atoms with Gasteiger partial charge in [0.05, 0.1) is 21.3 Å². The molecule has 6 nitrogen and oxygen atoms in total. The van der Waals surface area contributed by atoms with Crippen LogP contribution < -0.4 is 19.1 Å². The first-order valence-electron chi connectivity index (χ1n) is 9.93. The molecule has 0 saturated carbocycles. The summed E-state index contributed by atoms with van der Waals surface area (Å²) < 4.78 is 16.0. The second kappa shape index (κ2) is 11.1. The van der Waals surface area contributed by atoms with Gasteiger partial charge < -0.3 is 19.1 Å². The van der Waals surface area contributed by atoms with Gasteiger partial charge in [0.2, 0.25) is 5.75 Å². The highest BCUT2D eigenvalue weighted by Gasteiger charge is 2.20. The molecule has 0 aliphatic carbocycles. The molecule has 0 spiro atoms. The zero-order chi connectivity index (χ0) is 20.8. The molecule has 1 aliphatic rings. The zero-order valence-electron chi connectivity index (χ0n) is 18.1. The summed E-state index contributed by atoms with van der Waals surface area (Å²) in [5.74, 6) is 1.58. The first kappa shape index (κ1) is 23.8. The van der Waals surface area contributed by atoms with Crippen molar-refractivity contribution >= 4 is 23.9 Å². The van der Waals surface area contributed by atoms with Crippen LogP contribution >= 0.6 is 12.4 Å². The van der Waals surface area contributed by atoms with E-state index in [1.54, 1.807) is 33.5 Å². The van der Waals surface area contributed by atoms with Crippen LogP contribution in [0.15, 0.2) is 36.4 Å². The van der Waals surface area contributed by atoms with E-state index in [0.717, 1.165) is 32.7 Å². The Morgan fingerprint density at radius 2 is 1.47 bits per heavy atom. The van der Waals surface area contributed by atoms with Gasteiger partial charge >= 0.3 is 0 Å². The summed E-state index contributed by atoms with van der Waals surface area (Å²) in [6, 6.07) is 12.1. The molecule has 0 atom stereocenters. The predicted molar refractivity (Wildman–Crippen MR) is 122 cm³/mol. The van der Waals surface area contributed by atoms with Crippen LogP contribution in [0.4, 0.5) is 5.69 Å². The van der Waals surface area contributed by atoms with Crippen molar-refractivity contribution in [1.82, 2.24) is 4.90 Å². The largest absolute Gasteiger partial charge is 0.493 e. The van der Waals surface area contributed by atoms with Crippen molar-refractivity contribution in [2.45, 2.75) is 13.3 Å². The highest BCUT2D eigenvalue weighted by atomic mass is 35.5. The molecule has 3 rings (SSSR count). The van der Waals surface area contributed by atoms with Gasteiger partial charge in [-0.2, -0.15) is 0 Å². The minimum atomic E-state index is 0. The Balaban J connectivity index is 0.00000320. The van der Waals surface area contributed by atoms with Crippen LogP contribution in [0, 0.1) is 6.92 Å². The highest BCUT2D eigenvalue weighted by molar-refractivity contribution is 5.97. The number of anilines is 1. The number of aryl methyl sites for hydroxylation is 1. The molecule has 30 heavy (non-hydrogen) atoms. The van der Waals surface area contributed by atoms with Gasteiger partial charge in [0, 0.05) is 50.4 Å². The third kappa shape index (κ3) is 5.58. The van der Waals surface area contributed by atoms with Crippen LogP contribution in [0.3, 0.4) is 0 Å². The summed E-state index contributed by atoms with van der Waals surface area (Å²) in [6.45, 7) is 6.71. The number of methoxy groups -OCH3 is 3. The predicted octanol–water partition coefficient (Wildman–Crippen LogP) is 3.84. The van der Waals surface area contributed by atoms with Gasteiger partial charge in [-0.05, 0) is 31.2 Å². The van der Waals surface area contributed by atoms with E-state index >= 15 is 0 Å². The second-order valence-corrected chi connectivity index (χ2v) is 7.25. The maximum Gasteiger partial charge on any atom is 0.203 e. The topological polar surface area (TPSA) is 51.2 Å². The van der Waals surface area contributed by atoms with Crippen LogP contribution in [0.25, 0.3) is 0 Å². The summed E-state index contributed by atoms with van der Waals surface area (Å²) >= 11 is 0. The van der Waals surface area contributed by atoms with E-state index in [1.165, 1.54) is 11.3 Å². The molecule has 1 aliphatic heterocycles. The normalized spacial score (nSPS) is 14.1. The molecule has 1 fully saturated rings. The lowest BCUT2D eigenvalue weighted by atomic mass is 10.1. The van der Waals surface area contributed by atoms with Crippen LogP contribution in [0.5, 0.6) is 17.2 Å². The number of hydrogen-bond donors (Lipinski definition) is 0. The van der Waals surface area contributed by atoms with E-state index in [0.29, 0.717) is 29.2 Å². The number of ether oxygens (including phenoxy) is 3. The number of carbonyl (C=O) groups excluding carboxylic acids is 1. The standard InChI is InChI=1S/C23H30N2O4.ClH/c1-17-5-7-19(8-6-17)25-13-11-24(12-14-25)10-9-20(26)18-15-21(27-2)23(29-4)22(16-18)28-3;/h5-8,15-16H,9-14H2,1-4H3;1H. The minimum absolute atomic E-state index is 0. The molecular formula is C23H31ClN2O4. The lowest BCUT2D eigenvalue weighted by Crippen LogP contribution is -2.46. The molecule has 0 aromatic heterocycles. The van der Waals surface area contributed by atoms with Crippen LogP contribution in [0.1, 0.15) is 22.3 Å². The second-order valence-electron chi connectivity index (χ2n) is 7.25. The van der Waals surface area contributed by atoms with E-state index in [2.05, 4.69) is 41.0 Å². The molecule has 164 valence electrons. The monoisotopic (exact) mass is 434 g/mol.